The molecule has 0 amide bonds. The van der Waals surface area contributed by atoms with Gasteiger partial charge in [0.25, 0.3) is 0 Å². The summed E-state index contributed by atoms with van der Waals surface area (Å²) in [5, 5.41) is 0. The molecule has 1 fully saturated rings. The van der Waals surface area contributed by atoms with Crippen molar-refractivity contribution in [3.63, 3.8) is 0 Å². The van der Waals surface area contributed by atoms with Crippen molar-refractivity contribution < 1.29 is 4.74 Å². The van der Waals surface area contributed by atoms with E-state index in [-0.39, 0.29) is 0 Å². The van der Waals surface area contributed by atoms with E-state index in [1.54, 1.807) is 11.9 Å². The Labute approximate surface area is 125 Å². The number of rotatable bonds is 4. The molecule has 0 saturated carbocycles. The molecule has 108 valence electrons. The highest BCUT2D eigenvalue weighted by molar-refractivity contribution is 7.98. The predicted molar refractivity (Wildman–Crippen MR) is 85.7 cm³/mol. The van der Waals surface area contributed by atoms with Crippen molar-refractivity contribution in [1.29, 1.82) is 0 Å². The van der Waals surface area contributed by atoms with Crippen molar-refractivity contribution in [3.05, 3.63) is 29.8 Å². The number of benzene rings is 1. The third-order valence-corrected chi connectivity index (χ3v) is 4.60. The first-order valence-corrected chi connectivity index (χ1v) is 8.50. The van der Waals surface area contributed by atoms with E-state index >= 15 is 0 Å². The molecule has 1 saturated heterocycles. The fourth-order valence-corrected chi connectivity index (χ4v) is 3.66. The van der Waals surface area contributed by atoms with E-state index in [4.69, 9.17) is 9.13 Å². The van der Waals surface area contributed by atoms with Crippen LogP contribution in [0.4, 0.5) is 0 Å². The average molecular weight is 290 g/mol. The maximum Gasteiger partial charge on any atom is 0.120 e. The van der Waals surface area contributed by atoms with Crippen molar-refractivity contribution in [2.45, 2.75) is 32.1 Å². The highest BCUT2D eigenvalue weighted by atomic mass is 32.2. The minimum atomic E-state index is 0.469. The molecule has 1 aromatic rings. The van der Waals surface area contributed by atoms with Crippen LogP contribution in [0.5, 0.6) is 5.75 Å². The van der Waals surface area contributed by atoms with Crippen LogP contribution in [0.1, 0.15) is 37.7 Å². The van der Waals surface area contributed by atoms with E-state index in [1.165, 1.54) is 30.8 Å². The van der Waals surface area contributed by atoms with Gasteiger partial charge in [-0.15, -0.1) is 0 Å². The summed E-state index contributed by atoms with van der Waals surface area (Å²) in [6, 6.07) is 8.61. The van der Waals surface area contributed by atoms with Crippen molar-refractivity contribution in [2.24, 2.45) is 4.40 Å². The van der Waals surface area contributed by atoms with Crippen LogP contribution in [-0.4, -0.2) is 36.2 Å². The van der Waals surface area contributed by atoms with Gasteiger partial charge in [0.05, 0.1) is 6.61 Å². The van der Waals surface area contributed by atoms with E-state index in [0.29, 0.717) is 5.92 Å². The Hall–Kier alpha value is -1.16. The van der Waals surface area contributed by atoms with Crippen LogP contribution in [-0.2, 0) is 0 Å². The van der Waals surface area contributed by atoms with Gasteiger partial charge in [-0.05, 0) is 48.9 Å². The molecule has 2 aliphatic heterocycles. The lowest BCUT2D eigenvalue weighted by molar-refractivity contribution is 0.317. The zero-order valence-electron chi connectivity index (χ0n) is 12.0. The summed E-state index contributed by atoms with van der Waals surface area (Å²) in [5.74, 6) is 3.86. The maximum absolute atomic E-state index is 5.66. The molecule has 1 aromatic carbocycles. The van der Waals surface area contributed by atoms with E-state index in [0.717, 1.165) is 31.1 Å². The molecular weight excluding hydrogens is 268 g/mol. The Morgan fingerprint density at radius 2 is 2.15 bits per heavy atom. The summed E-state index contributed by atoms with van der Waals surface area (Å²) < 4.78 is 10.4. The molecule has 20 heavy (non-hydrogen) atoms. The first-order valence-electron chi connectivity index (χ1n) is 7.56. The number of ether oxygens (including phenoxy) is 1. The van der Waals surface area contributed by atoms with Crippen LogP contribution in [0.25, 0.3) is 0 Å². The molecule has 2 heterocycles. The lowest BCUT2D eigenvalue weighted by Gasteiger charge is -2.37. The first kappa shape index (κ1) is 13.8. The highest BCUT2D eigenvalue weighted by Gasteiger charge is 2.29. The second kappa shape index (κ2) is 6.53. The summed E-state index contributed by atoms with van der Waals surface area (Å²) in [5.41, 5.74) is 1.37. The van der Waals surface area contributed by atoms with Crippen LogP contribution < -0.4 is 4.74 Å². The van der Waals surface area contributed by atoms with Crippen molar-refractivity contribution >= 4 is 17.8 Å². The van der Waals surface area contributed by atoms with Crippen molar-refractivity contribution in [1.82, 2.24) is 4.90 Å². The van der Waals surface area contributed by atoms with Crippen LogP contribution >= 0.6 is 11.9 Å². The van der Waals surface area contributed by atoms with Gasteiger partial charge in [0, 0.05) is 24.8 Å². The number of nitrogens with zero attached hydrogens (tertiary/aromatic N) is 2. The molecule has 2 aliphatic rings. The largest absolute Gasteiger partial charge is 0.494 e. The molecule has 0 spiro atoms. The lowest BCUT2D eigenvalue weighted by atomic mass is 9.89. The molecule has 0 N–H and O–H groups in total. The fourth-order valence-electron chi connectivity index (χ4n) is 2.89. The molecule has 0 aliphatic carbocycles. The molecule has 3 rings (SSSR count). The van der Waals surface area contributed by atoms with Gasteiger partial charge < -0.3 is 9.64 Å². The Bertz CT molecular complexity index is 472. The standard InChI is InChI=1S/C16H22N2OS/c1-2-11-19-14-7-5-13(6-8-14)15-4-3-9-18-10-12-20-17-16(15)18/h5-8,15H,2-4,9-12H2,1H3. The van der Waals surface area contributed by atoms with Gasteiger partial charge in [-0.25, -0.2) is 4.40 Å². The van der Waals surface area contributed by atoms with E-state index in [9.17, 15) is 0 Å². The molecule has 0 aromatic heterocycles. The Morgan fingerprint density at radius 1 is 1.30 bits per heavy atom. The molecule has 0 bridgehead atoms. The van der Waals surface area contributed by atoms with Gasteiger partial charge in [-0.3, -0.25) is 0 Å². The zero-order valence-corrected chi connectivity index (χ0v) is 12.9. The molecular formula is C16H22N2OS. The number of piperidine rings is 1. The maximum atomic E-state index is 5.66. The number of fused-ring (bicyclic) bond motifs is 1. The summed E-state index contributed by atoms with van der Waals surface area (Å²) in [6.45, 7) is 5.25. The zero-order chi connectivity index (χ0) is 13.8. The lowest BCUT2D eigenvalue weighted by Crippen LogP contribution is -2.42. The Kier molecular flexibility index (Phi) is 4.51. The van der Waals surface area contributed by atoms with Gasteiger partial charge in [0.2, 0.25) is 0 Å². The summed E-state index contributed by atoms with van der Waals surface area (Å²) in [6.07, 6.45) is 3.53. The normalized spacial score (nSPS) is 22.1. The van der Waals surface area contributed by atoms with Crippen LogP contribution in [0.15, 0.2) is 28.7 Å². The topological polar surface area (TPSA) is 24.8 Å². The fraction of sp³-hybridized carbons (Fsp3) is 0.562. The van der Waals surface area contributed by atoms with Gasteiger partial charge >= 0.3 is 0 Å². The summed E-state index contributed by atoms with van der Waals surface area (Å²) >= 11 is 1.71. The van der Waals surface area contributed by atoms with Crippen LogP contribution in [0.3, 0.4) is 0 Å². The van der Waals surface area contributed by atoms with E-state index < -0.39 is 0 Å². The van der Waals surface area contributed by atoms with Crippen LogP contribution in [0, 0.1) is 0 Å². The second-order valence-electron chi connectivity index (χ2n) is 5.38. The summed E-state index contributed by atoms with van der Waals surface area (Å²) in [7, 11) is 0. The predicted octanol–water partition coefficient (Wildman–Crippen LogP) is 3.72. The smallest absolute Gasteiger partial charge is 0.120 e. The van der Waals surface area contributed by atoms with Gasteiger partial charge in [0.1, 0.15) is 11.6 Å². The quantitative estimate of drug-likeness (QED) is 0.790. The Balaban J connectivity index is 1.75. The van der Waals surface area contributed by atoms with E-state index in [2.05, 4.69) is 36.1 Å². The number of hydrogen-bond acceptors (Lipinski definition) is 4. The number of hydrogen-bond donors (Lipinski definition) is 0. The molecule has 3 nitrogen and oxygen atoms in total. The van der Waals surface area contributed by atoms with Crippen molar-refractivity contribution in [2.75, 3.05) is 25.4 Å². The van der Waals surface area contributed by atoms with Crippen molar-refractivity contribution in [3.8, 4) is 5.75 Å². The van der Waals surface area contributed by atoms with Gasteiger partial charge in [-0.1, -0.05) is 19.1 Å². The highest BCUT2D eigenvalue weighted by Crippen LogP contribution is 2.33. The number of amidine groups is 1. The third kappa shape index (κ3) is 2.95. The van der Waals surface area contributed by atoms with Gasteiger partial charge in [0.15, 0.2) is 0 Å². The minimum Gasteiger partial charge on any atom is -0.494 e. The Morgan fingerprint density at radius 3 is 2.95 bits per heavy atom. The minimum absolute atomic E-state index is 0.469. The molecule has 4 heteroatoms. The van der Waals surface area contributed by atoms with Gasteiger partial charge in [-0.2, -0.15) is 0 Å². The molecule has 0 radical (unpaired) electrons. The second-order valence-corrected chi connectivity index (χ2v) is 6.23. The van der Waals surface area contributed by atoms with E-state index in [1.807, 2.05) is 0 Å². The summed E-state index contributed by atoms with van der Waals surface area (Å²) in [4.78, 5) is 2.46. The molecule has 1 atom stereocenters. The third-order valence-electron chi connectivity index (χ3n) is 3.92. The SMILES string of the molecule is CCCOc1ccc(C2CCCN3CCSN=C23)cc1. The monoisotopic (exact) mass is 290 g/mol. The first-order chi connectivity index (χ1) is 9.88. The average Bonchev–Trinajstić information content (AvgIpc) is 2.53. The molecule has 1 unspecified atom stereocenters. The van der Waals surface area contributed by atoms with Crippen LogP contribution in [0.2, 0.25) is 0 Å².